The van der Waals surface area contributed by atoms with Gasteiger partial charge in [0.15, 0.2) is 0 Å². The van der Waals surface area contributed by atoms with E-state index in [0.717, 1.165) is 5.56 Å². The first-order valence-corrected chi connectivity index (χ1v) is 4.80. The molecule has 0 unspecified atom stereocenters. The number of nitrogens with zero attached hydrogens (tertiary/aromatic N) is 1. The van der Waals surface area contributed by atoms with Crippen molar-refractivity contribution in [1.29, 1.82) is 0 Å². The van der Waals surface area contributed by atoms with Crippen LogP contribution in [0.5, 0.6) is 0 Å². The number of amides is 1. The Bertz CT molecular complexity index is 357. The topological polar surface area (TPSA) is 37.4 Å². The van der Waals surface area contributed by atoms with Crippen molar-refractivity contribution in [3.05, 3.63) is 35.9 Å². The minimum atomic E-state index is -0.666. The summed E-state index contributed by atoms with van der Waals surface area (Å²) in [6.07, 6.45) is 0. The first kappa shape index (κ1) is 11.4. The fourth-order valence-electron chi connectivity index (χ4n) is 1.45. The van der Waals surface area contributed by atoms with Crippen molar-refractivity contribution in [1.82, 2.24) is 4.90 Å². The SMILES string of the molecule is CC(=O)[C@@H](C(=O)N(C)C)c1ccccc1. The van der Waals surface area contributed by atoms with E-state index in [-0.39, 0.29) is 11.7 Å². The second kappa shape index (κ2) is 4.73. The zero-order valence-corrected chi connectivity index (χ0v) is 9.23. The van der Waals surface area contributed by atoms with Crippen molar-refractivity contribution in [2.75, 3.05) is 14.1 Å². The Kier molecular flexibility index (Phi) is 3.61. The van der Waals surface area contributed by atoms with E-state index in [0.29, 0.717) is 0 Å². The smallest absolute Gasteiger partial charge is 0.237 e. The first-order chi connectivity index (χ1) is 7.04. The summed E-state index contributed by atoms with van der Waals surface area (Å²) < 4.78 is 0. The van der Waals surface area contributed by atoms with Crippen LogP contribution in [0.4, 0.5) is 0 Å². The van der Waals surface area contributed by atoms with E-state index in [2.05, 4.69) is 0 Å². The summed E-state index contributed by atoms with van der Waals surface area (Å²) in [5.74, 6) is -0.963. The summed E-state index contributed by atoms with van der Waals surface area (Å²) in [6.45, 7) is 1.44. The van der Waals surface area contributed by atoms with Gasteiger partial charge in [-0.25, -0.2) is 0 Å². The lowest BCUT2D eigenvalue weighted by atomic mass is 9.94. The van der Waals surface area contributed by atoms with Crippen LogP contribution in [0.3, 0.4) is 0 Å². The van der Waals surface area contributed by atoms with E-state index >= 15 is 0 Å². The van der Waals surface area contributed by atoms with E-state index in [1.165, 1.54) is 11.8 Å². The number of Topliss-reactive ketones (excluding diaryl/α,β-unsaturated/α-hetero) is 1. The standard InChI is InChI=1S/C12H15NO2/c1-9(14)11(12(15)13(2)3)10-7-5-4-6-8-10/h4-8,11H,1-3H3/t11-/m1/s1. The van der Waals surface area contributed by atoms with Gasteiger partial charge >= 0.3 is 0 Å². The predicted octanol–water partition coefficient (Wildman–Crippen LogP) is 1.45. The molecule has 1 atom stereocenters. The van der Waals surface area contributed by atoms with Crippen molar-refractivity contribution >= 4 is 11.7 Å². The van der Waals surface area contributed by atoms with E-state index in [1.54, 1.807) is 26.2 Å². The molecule has 0 aliphatic carbocycles. The average molecular weight is 205 g/mol. The highest BCUT2D eigenvalue weighted by atomic mass is 16.2. The van der Waals surface area contributed by atoms with Crippen LogP contribution in [-0.4, -0.2) is 30.7 Å². The summed E-state index contributed by atoms with van der Waals surface area (Å²) in [7, 11) is 3.31. The van der Waals surface area contributed by atoms with Crippen molar-refractivity contribution in [3.63, 3.8) is 0 Å². The summed E-state index contributed by atoms with van der Waals surface area (Å²) in [4.78, 5) is 24.7. The molecule has 0 aliphatic rings. The minimum Gasteiger partial charge on any atom is -0.348 e. The molecule has 3 nitrogen and oxygen atoms in total. The Morgan fingerprint density at radius 3 is 2.07 bits per heavy atom. The molecule has 0 aliphatic heterocycles. The molecule has 0 fully saturated rings. The summed E-state index contributed by atoms with van der Waals surface area (Å²) in [5, 5.41) is 0. The molecule has 0 spiro atoms. The number of hydrogen-bond donors (Lipinski definition) is 0. The number of carbonyl (C=O) groups is 2. The quantitative estimate of drug-likeness (QED) is 0.700. The van der Waals surface area contributed by atoms with Crippen LogP contribution < -0.4 is 0 Å². The van der Waals surface area contributed by atoms with Gasteiger partial charge in [-0.15, -0.1) is 0 Å². The Labute approximate surface area is 89.7 Å². The molecular weight excluding hydrogens is 190 g/mol. The maximum Gasteiger partial charge on any atom is 0.237 e. The molecule has 0 N–H and O–H groups in total. The fraction of sp³-hybridized carbons (Fsp3) is 0.333. The molecular formula is C12H15NO2. The zero-order valence-electron chi connectivity index (χ0n) is 9.23. The lowest BCUT2D eigenvalue weighted by Gasteiger charge is -2.18. The first-order valence-electron chi connectivity index (χ1n) is 4.80. The fourth-order valence-corrected chi connectivity index (χ4v) is 1.45. The number of rotatable bonds is 3. The van der Waals surface area contributed by atoms with Gasteiger partial charge in [-0.2, -0.15) is 0 Å². The molecule has 0 saturated heterocycles. The maximum absolute atomic E-state index is 11.8. The molecule has 1 amide bonds. The van der Waals surface area contributed by atoms with Crippen molar-refractivity contribution in [2.45, 2.75) is 12.8 Å². The average Bonchev–Trinajstić information content (AvgIpc) is 2.18. The zero-order chi connectivity index (χ0) is 11.4. The molecule has 1 aromatic rings. The third-order valence-electron chi connectivity index (χ3n) is 2.23. The monoisotopic (exact) mass is 205 g/mol. The number of ketones is 1. The van der Waals surface area contributed by atoms with Gasteiger partial charge in [-0.1, -0.05) is 30.3 Å². The van der Waals surface area contributed by atoms with E-state index in [4.69, 9.17) is 0 Å². The molecule has 1 aromatic carbocycles. The summed E-state index contributed by atoms with van der Waals surface area (Å²) >= 11 is 0. The third kappa shape index (κ3) is 2.65. The Balaban J connectivity index is 3.05. The van der Waals surface area contributed by atoms with Crippen molar-refractivity contribution in [2.24, 2.45) is 0 Å². The van der Waals surface area contributed by atoms with E-state index < -0.39 is 5.92 Å². The van der Waals surface area contributed by atoms with Gasteiger partial charge in [-0.3, -0.25) is 9.59 Å². The van der Waals surface area contributed by atoms with Crippen LogP contribution in [0.1, 0.15) is 18.4 Å². The Hall–Kier alpha value is -1.64. The maximum atomic E-state index is 11.8. The number of carbonyl (C=O) groups excluding carboxylic acids is 2. The Morgan fingerprint density at radius 1 is 1.13 bits per heavy atom. The van der Waals surface area contributed by atoms with Gasteiger partial charge in [0, 0.05) is 14.1 Å². The second-order valence-electron chi connectivity index (χ2n) is 3.69. The highest BCUT2D eigenvalue weighted by molar-refractivity contribution is 6.05. The van der Waals surface area contributed by atoms with Crippen molar-refractivity contribution < 1.29 is 9.59 Å². The third-order valence-corrected chi connectivity index (χ3v) is 2.23. The number of hydrogen-bond acceptors (Lipinski definition) is 2. The molecule has 1 rings (SSSR count). The summed E-state index contributed by atoms with van der Waals surface area (Å²) in [6, 6.07) is 9.12. The molecule has 0 radical (unpaired) electrons. The lowest BCUT2D eigenvalue weighted by Crippen LogP contribution is -2.31. The molecule has 0 heterocycles. The minimum absolute atomic E-state index is 0.125. The molecule has 3 heteroatoms. The van der Waals surface area contributed by atoms with Gasteiger partial charge in [0.1, 0.15) is 11.7 Å². The molecule has 15 heavy (non-hydrogen) atoms. The van der Waals surface area contributed by atoms with Gasteiger partial charge in [0.2, 0.25) is 5.91 Å². The molecule has 80 valence electrons. The van der Waals surface area contributed by atoms with Crippen molar-refractivity contribution in [3.8, 4) is 0 Å². The van der Waals surface area contributed by atoms with Crippen LogP contribution in [0.15, 0.2) is 30.3 Å². The van der Waals surface area contributed by atoms with E-state index in [1.807, 2.05) is 18.2 Å². The molecule has 0 bridgehead atoms. The second-order valence-corrected chi connectivity index (χ2v) is 3.69. The molecule has 0 aromatic heterocycles. The normalized spacial score (nSPS) is 11.9. The highest BCUT2D eigenvalue weighted by Crippen LogP contribution is 2.18. The highest BCUT2D eigenvalue weighted by Gasteiger charge is 2.26. The largest absolute Gasteiger partial charge is 0.348 e. The van der Waals surface area contributed by atoms with Crippen LogP contribution in [0.25, 0.3) is 0 Å². The summed E-state index contributed by atoms with van der Waals surface area (Å²) in [5.41, 5.74) is 0.753. The van der Waals surface area contributed by atoms with Crippen LogP contribution in [-0.2, 0) is 9.59 Å². The number of benzene rings is 1. The van der Waals surface area contributed by atoms with Crippen LogP contribution in [0.2, 0.25) is 0 Å². The van der Waals surface area contributed by atoms with Gasteiger partial charge in [0.05, 0.1) is 0 Å². The predicted molar refractivity (Wildman–Crippen MR) is 58.6 cm³/mol. The Morgan fingerprint density at radius 2 is 1.67 bits per heavy atom. The number of likely N-dealkylation sites (N-methyl/N-ethyl adjacent to an activating group) is 1. The van der Waals surface area contributed by atoms with Gasteiger partial charge in [-0.05, 0) is 12.5 Å². The van der Waals surface area contributed by atoms with Gasteiger partial charge in [0.25, 0.3) is 0 Å². The lowest BCUT2D eigenvalue weighted by molar-refractivity contribution is -0.135. The van der Waals surface area contributed by atoms with Crippen LogP contribution in [0, 0.1) is 0 Å². The van der Waals surface area contributed by atoms with E-state index in [9.17, 15) is 9.59 Å². The van der Waals surface area contributed by atoms with Crippen LogP contribution >= 0.6 is 0 Å². The molecule has 0 saturated carbocycles. The van der Waals surface area contributed by atoms with Gasteiger partial charge < -0.3 is 4.90 Å².